The molecule has 0 spiro atoms. The number of hydrogen-bond donors (Lipinski definition) is 2. The Labute approximate surface area is 200 Å². The lowest BCUT2D eigenvalue weighted by Gasteiger charge is -2.60. The molecule has 1 saturated heterocycles. The number of anilines is 1. The Bertz CT molecular complexity index is 1250. The van der Waals surface area contributed by atoms with Crippen molar-refractivity contribution in [3.05, 3.63) is 95.1 Å². The summed E-state index contributed by atoms with van der Waals surface area (Å²) in [5, 5.41) is 13.5. The minimum atomic E-state index is -0.209. The number of phenolic OH excluding ortho intramolecular Hbond substituents is 1. The van der Waals surface area contributed by atoms with Crippen LogP contribution in [-0.2, 0) is 11.8 Å². The molecule has 1 aliphatic heterocycles. The zero-order valence-corrected chi connectivity index (χ0v) is 19.8. The molecule has 0 aromatic heterocycles. The molecule has 1 aliphatic carbocycles. The van der Waals surface area contributed by atoms with E-state index in [0.717, 1.165) is 17.7 Å². The van der Waals surface area contributed by atoms with E-state index in [4.69, 9.17) is 0 Å². The third-order valence-electron chi connectivity index (χ3n) is 8.31. The van der Waals surface area contributed by atoms with Gasteiger partial charge >= 0.3 is 0 Å². The summed E-state index contributed by atoms with van der Waals surface area (Å²) in [4.78, 5) is 28.2. The van der Waals surface area contributed by atoms with Crippen LogP contribution in [0.3, 0.4) is 0 Å². The van der Waals surface area contributed by atoms with E-state index < -0.39 is 0 Å². The fraction of sp³-hybridized carbons (Fsp3) is 0.310. The van der Waals surface area contributed by atoms with Gasteiger partial charge in [0.05, 0.1) is 0 Å². The number of rotatable bonds is 3. The maximum atomic E-state index is 13.6. The largest absolute Gasteiger partial charge is 0.508 e. The van der Waals surface area contributed by atoms with Crippen molar-refractivity contribution in [2.24, 2.45) is 5.41 Å². The Kier molecular flexibility index (Phi) is 5.23. The summed E-state index contributed by atoms with van der Waals surface area (Å²) in [7, 11) is 0. The van der Waals surface area contributed by atoms with E-state index in [-0.39, 0.29) is 28.7 Å². The first kappa shape index (κ1) is 22.2. The van der Waals surface area contributed by atoms with Crippen LogP contribution >= 0.6 is 0 Å². The van der Waals surface area contributed by atoms with Crippen molar-refractivity contribution in [2.75, 3.05) is 11.9 Å². The highest BCUT2D eigenvalue weighted by Gasteiger charge is 2.57. The van der Waals surface area contributed by atoms with Crippen LogP contribution in [0.2, 0.25) is 0 Å². The molecule has 5 heteroatoms. The fourth-order valence-corrected chi connectivity index (χ4v) is 5.82. The number of phenols is 1. The summed E-state index contributed by atoms with van der Waals surface area (Å²) in [6.07, 6.45) is 1.46. The summed E-state index contributed by atoms with van der Waals surface area (Å²) in [6, 6.07) is 21.9. The van der Waals surface area contributed by atoms with Crippen LogP contribution in [0, 0.1) is 5.41 Å². The van der Waals surface area contributed by atoms with E-state index in [1.165, 1.54) is 5.56 Å². The van der Waals surface area contributed by atoms with Gasteiger partial charge in [-0.3, -0.25) is 9.59 Å². The molecule has 5 rings (SSSR count). The Balaban J connectivity index is 1.39. The number of likely N-dealkylation sites (tertiary alicyclic amines) is 1. The van der Waals surface area contributed by atoms with E-state index in [2.05, 4.69) is 32.2 Å². The van der Waals surface area contributed by atoms with Crippen LogP contribution < -0.4 is 5.32 Å². The van der Waals surface area contributed by atoms with Crippen molar-refractivity contribution >= 4 is 17.5 Å². The lowest BCUT2D eigenvalue weighted by Crippen LogP contribution is -2.64. The van der Waals surface area contributed by atoms with Crippen molar-refractivity contribution in [1.29, 1.82) is 0 Å². The molecule has 1 heterocycles. The number of amides is 2. The van der Waals surface area contributed by atoms with Crippen LogP contribution in [0.15, 0.2) is 72.8 Å². The Morgan fingerprint density at radius 2 is 1.59 bits per heavy atom. The minimum Gasteiger partial charge on any atom is -0.508 e. The maximum absolute atomic E-state index is 13.6. The van der Waals surface area contributed by atoms with Crippen LogP contribution in [-0.4, -0.2) is 34.4 Å². The van der Waals surface area contributed by atoms with Gasteiger partial charge in [0, 0.05) is 34.8 Å². The molecule has 2 amide bonds. The quantitative estimate of drug-likeness (QED) is 0.557. The second-order valence-electron chi connectivity index (χ2n) is 10.2. The van der Waals surface area contributed by atoms with Gasteiger partial charge in [-0.25, -0.2) is 0 Å². The van der Waals surface area contributed by atoms with Crippen LogP contribution in [0.4, 0.5) is 5.69 Å². The number of benzene rings is 3. The molecule has 174 valence electrons. The average Bonchev–Trinajstić information content (AvgIpc) is 2.82. The second-order valence-corrected chi connectivity index (χ2v) is 10.2. The van der Waals surface area contributed by atoms with Crippen LogP contribution in [0.1, 0.15) is 59.0 Å². The summed E-state index contributed by atoms with van der Waals surface area (Å²) in [5.41, 5.74) is 3.68. The number of nitrogens with zero attached hydrogens (tertiary/aromatic N) is 1. The normalized spacial score (nSPS) is 22.6. The minimum absolute atomic E-state index is 0.0272. The van der Waals surface area contributed by atoms with Gasteiger partial charge in [0.25, 0.3) is 11.8 Å². The molecule has 0 radical (unpaired) electrons. The topological polar surface area (TPSA) is 69.6 Å². The summed E-state index contributed by atoms with van der Waals surface area (Å²) >= 11 is 0. The molecule has 2 N–H and O–H groups in total. The lowest BCUT2D eigenvalue weighted by molar-refractivity contribution is -0.0266. The highest BCUT2D eigenvalue weighted by Crippen LogP contribution is 2.57. The first-order valence-electron chi connectivity index (χ1n) is 11.8. The first-order valence-corrected chi connectivity index (χ1v) is 11.8. The van der Waals surface area contributed by atoms with Gasteiger partial charge in [-0.05, 0) is 71.8 Å². The molecule has 5 nitrogen and oxygen atoms in total. The van der Waals surface area contributed by atoms with Crippen molar-refractivity contribution in [3.63, 3.8) is 0 Å². The number of fused-ring (bicyclic) bond motifs is 4. The highest BCUT2D eigenvalue weighted by molar-refractivity contribution is 6.05. The molecule has 0 saturated carbocycles. The average molecular weight is 455 g/mol. The van der Waals surface area contributed by atoms with E-state index in [0.29, 0.717) is 29.8 Å². The zero-order chi connectivity index (χ0) is 24.1. The van der Waals surface area contributed by atoms with E-state index in [9.17, 15) is 14.7 Å². The van der Waals surface area contributed by atoms with Crippen molar-refractivity contribution in [2.45, 2.75) is 45.1 Å². The first-order chi connectivity index (χ1) is 16.2. The monoisotopic (exact) mass is 454 g/mol. The number of para-hydroxylation sites is 1. The molecular formula is C29H30N2O3. The van der Waals surface area contributed by atoms with Gasteiger partial charge in [-0.15, -0.1) is 0 Å². The van der Waals surface area contributed by atoms with Crippen molar-refractivity contribution < 1.29 is 14.7 Å². The number of piperidine rings is 1. The molecule has 1 unspecified atom stereocenters. The van der Waals surface area contributed by atoms with Gasteiger partial charge in [0.2, 0.25) is 0 Å². The maximum Gasteiger partial charge on any atom is 0.255 e. The number of hydrogen-bond acceptors (Lipinski definition) is 3. The molecular weight excluding hydrogens is 424 g/mol. The van der Waals surface area contributed by atoms with E-state index in [1.54, 1.807) is 30.3 Å². The van der Waals surface area contributed by atoms with Gasteiger partial charge in [0.15, 0.2) is 0 Å². The predicted octanol–water partition coefficient (Wildman–Crippen LogP) is 5.40. The molecule has 2 atom stereocenters. The predicted molar refractivity (Wildman–Crippen MR) is 133 cm³/mol. The van der Waals surface area contributed by atoms with Gasteiger partial charge in [-0.2, -0.15) is 0 Å². The number of aromatic hydroxyl groups is 1. The second kappa shape index (κ2) is 8.01. The van der Waals surface area contributed by atoms with Crippen LogP contribution in [0.5, 0.6) is 5.75 Å². The lowest BCUT2D eigenvalue weighted by atomic mass is 9.51. The van der Waals surface area contributed by atoms with Gasteiger partial charge in [0.1, 0.15) is 5.75 Å². The summed E-state index contributed by atoms with van der Waals surface area (Å²) < 4.78 is 0. The van der Waals surface area contributed by atoms with Gasteiger partial charge < -0.3 is 15.3 Å². The van der Waals surface area contributed by atoms with Crippen molar-refractivity contribution in [1.82, 2.24) is 4.90 Å². The number of nitrogens with one attached hydrogen (secondary N) is 1. The molecule has 1 fully saturated rings. The molecule has 2 aliphatic rings. The van der Waals surface area contributed by atoms with Gasteiger partial charge in [-0.1, -0.05) is 51.1 Å². The molecule has 3 aromatic carbocycles. The third kappa shape index (κ3) is 3.38. The summed E-state index contributed by atoms with van der Waals surface area (Å²) in [5.74, 6) is 0.0701. The van der Waals surface area contributed by atoms with E-state index >= 15 is 0 Å². The summed E-state index contributed by atoms with van der Waals surface area (Å²) in [6.45, 7) is 7.40. The SMILES string of the molecule is CC1(C)C2Cc3c(O)cccc3[C@]1(C)CCN2C(=O)c1ccc(C(=O)Nc2ccccc2)cc1. The van der Waals surface area contributed by atoms with Crippen LogP contribution in [0.25, 0.3) is 0 Å². The standard InChI is InChI=1S/C29H30N2O3/c1-28(2)25-18-22-23(10-7-11-24(22)32)29(28,3)16-17-31(25)27(34)20-14-12-19(13-15-20)26(33)30-21-8-5-4-6-9-21/h4-15,25,32H,16-18H2,1-3H3,(H,30,33)/t25?,29-/m0/s1. The Morgan fingerprint density at radius 1 is 0.912 bits per heavy atom. The molecule has 2 bridgehead atoms. The Morgan fingerprint density at radius 3 is 2.29 bits per heavy atom. The molecule has 34 heavy (non-hydrogen) atoms. The van der Waals surface area contributed by atoms with Crippen molar-refractivity contribution in [3.8, 4) is 5.75 Å². The number of carbonyl (C=O) groups excluding carboxylic acids is 2. The smallest absolute Gasteiger partial charge is 0.255 e. The third-order valence-corrected chi connectivity index (χ3v) is 8.31. The van der Waals surface area contributed by atoms with E-state index in [1.807, 2.05) is 41.3 Å². The molecule has 3 aromatic rings. The zero-order valence-electron chi connectivity index (χ0n) is 19.8. The highest BCUT2D eigenvalue weighted by atomic mass is 16.3. The number of carbonyl (C=O) groups is 2. The Hall–Kier alpha value is -3.60. The fourth-order valence-electron chi connectivity index (χ4n) is 5.82.